The molecule has 1 aliphatic rings. The monoisotopic (exact) mass is 589 g/mol. The Morgan fingerprint density at radius 1 is 1.17 bits per heavy atom. The first-order valence-electron chi connectivity index (χ1n) is 13.1. The third-order valence-corrected chi connectivity index (χ3v) is 7.58. The molecule has 3 heterocycles. The summed E-state index contributed by atoms with van der Waals surface area (Å²) in [4.78, 5) is 43.2. The van der Waals surface area contributed by atoms with Gasteiger partial charge >= 0.3 is 5.97 Å². The molecule has 0 unspecified atom stereocenters. The number of rotatable bonds is 9. The number of carbonyl (C=O) groups excluding carboxylic acids is 1. The van der Waals surface area contributed by atoms with Crippen molar-refractivity contribution in [3.8, 4) is 22.8 Å². The molecule has 0 bridgehead atoms. The lowest BCUT2D eigenvalue weighted by Crippen LogP contribution is -2.40. The summed E-state index contributed by atoms with van der Waals surface area (Å²) in [5, 5.41) is 11.7. The number of ether oxygens (including phenoxy) is 3. The molecule has 0 fully saturated rings. The van der Waals surface area contributed by atoms with Crippen LogP contribution in [-0.2, 0) is 9.53 Å². The molecule has 11 nitrogen and oxygen atoms in total. The van der Waals surface area contributed by atoms with Gasteiger partial charge in [-0.1, -0.05) is 29.5 Å². The number of fused-ring (bicyclic) bond motifs is 1. The van der Waals surface area contributed by atoms with Gasteiger partial charge in [0.15, 0.2) is 4.80 Å². The minimum absolute atomic E-state index is 0.160. The van der Waals surface area contributed by atoms with Gasteiger partial charge in [0.25, 0.3) is 11.2 Å². The summed E-state index contributed by atoms with van der Waals surface area (Å²) in [5.74, 6) is 0.880. The molecular formula is C30H27N3O8S. The van der Waals surface area contributed by atoms with E-state index < -0.39 is 22.5 Å². The van der Waals surface area contributed by atoms with Crippen LogP contribution in [0.3, 0.4) is 0 Å². The van der Waals surface area contributed by atoms with Crippen LogP contribution >= 0.6 is 11.3 Å². The second-order valence-electron chi connectivity index (χ2n) is 9.12. The summed E-state index contributed by atoms with van der Waals surface area (Å²) in [7, 11) is 1.43. The third-order valence-electron chi connectivity index (χ3n) is 6.60. The molecule has 0 N–H and O–H groups in total. The van der Waals surface area contributed by atoms with Crippen LogP contribution in [0.4, 0.5) is 5.69 Å². The maximum Gasteiger partial charge on any atom is 0.338 e. The molecule has 42 heavy (non-hydrogen) atoms. The second-order valence-corrected chi connectivity index (χ2v) is 10.1. The van der Waals surface area contributed by atoms with Gasteiger partial charge in [-0.3, -0.25) is 19.5 Å². The molecule has 1 atom stereocenters. The zero-order chi connectivity index (χ0) is 30.0. The molecule has 12 heteroatoms. The average molecular weight is 590 g/mol. The number of nitro groups is 1. The van der Waals surface area contributed by atoms with Crippen LogP contribution in [0.15, 0.2) is 80.1 Å². The number of esters is 1. The number of carbonyl (C=O) groups is 1. The van der Waals surface area contributed by atoms with Crippen molar-refractivity contribution >= 4 is 29.1 Å². The largest absolute Gasteiger partial charge is 0.497 e. The Morgan fingerprint density at radius 2 is 1.95 bits per heavy atom. The van der Waals surface area contributed by atoms with Crippen molar-refractivity contribution in [1.29, 1.82) is 0 Å². The summed E-state index contributed by atoms with van der Waals surface area (Å²) in [6.45, 7) is 5.83. The first kappa shape index (κ1) is 28.6. The zero-order valence-corrected chi connectivity index (χ0v) is 24.1. The van der Waals surface area contributed by atoms with E-state index in [1.165, 1.54) is 17.7 Å². The fourth-order valence-corrected chi connectivity index (χ4v) is 5.81. The zero-order valence-electron chi connectivity index (χ0n) is 23.3. The summed E-state index contributed by atoms with van der Waals surface area (Å²) in [6.07, 6.45) is 1.55. The second kappa shape index (κ2) is 11.9. The number of thiazole rings is 1. The maximum atomic E-state index is 13.9. The lowest BCUT2D eigenvalue weighted by atomic mass is 9.95. The quantitative estimate of drug-likeness (QED) is 0.160. The molecule has 5 rings (SSSR count). The van der Waals surface area contributed by atoms with Crippen molar-refractivity contribution in [2.75, 3.05) is 20.3 Å². The highest BCUT2D eigenvalue weighted by molar-refractivity contribution is 7.07. The Labute approximate surface area is 243 Å². The van der Waals surface area contributed by atoms with Crippen molar-refractivity contribution in [2.45, 2.75) is 26.8 Å². The molecule has 216 valence electrons. The topological polar surface area (TPSA) is 135 Å². The van der Waals surface area contributed by atoms with Crippen LogP contribution in [0.25, 0.3) is 17.4 Å². The fourth-order valence-electron chi connectivity index (χ4n) is 4.78. The van der Waals surface area contributed by atoms with E-state index in [2.05, 4.69) is 4.99 Å². The molecular weight excluding hydrogens is 562 g/mol. The smallest absolute Gasteiger partial charge is 0.338 e. The summed E-state index contributed by atoms with van der Waals surface area (Å²) in [5.41, 5.74) is 1.00. The third kappa shape index (κ3) is 5.23. The lowest BCUT2D eigenvalue weighted by molar-refractivity contribution is -0.384. The molecule has 2 aromatic heterocycles. The van der Waals surface area contributed by atoms with Crippen LogP contribution in [0.1, 0.15) is 38.1 Å². The normalized spacial score (nSPS) is 14.8. The van der Waals surface area contributed by atoms with Gasteiger partial charge in [-0.05, 0) is 51.1 Å². The summed E-state index contributed by atoms with van der Waals surface area (Å²) >= 11 is 1.14. The van der Waals surface area contributed by atoms with Gasteiger partial charge in [0.05, 0.1) is 52.7 Å². The van der Waals surface area contributed by atoms with Gasteiger partial charge in [-0.2, -0.15) is 0 Å². The van der Waals surface area contributed by atoms with Crippen LogP contribution < -0.4 is 24.4 Å². The molecule has 0 saturated carbocycles. The Morgan fingerprint density at radius 3 is 2.67 bits per heavy atom. The van der Waals surface area contributed by atoms with E-state index in [0.717, 1.165) is 11.3 Å². The van der Waals surface area contributed by atoms with Gasteiger partial charge in [-0.25, -0.2) is 9.79 Å². The first-order valence-corrected chi connectivity index (χ1v) is 13.9. The van der Waals surface area contributed by atoms with Crippen LogP contribution in [0.5, 0.6) is 11.5 Å². The number of hydrogen-bond acceptors (Lipinski definition) is 10. The number of allylic oxidation sites excluding steroid dienone is 1. The van der Waals surface area contributed by atoms with Crippen molar-refractivity contribution in [2.24, 2.45) is 4.99 Å². The van der Waals surface area contributed by atoms with Gasteiger partial charge in [0.2, 0.25) is 0 Å². The van der Waals surface area contributed by atoms with Crippen molar-refractivity contribution in [1.82, 2.24) is 4.57 Å². The first-order chi connectivity index (χ1) is 20.3. The van der Waals surface area contributed by atoms with Crippen LogP contribution in [0.2, 0.25) is 0 Å². The molecule has 1 aliphatic heterocycles. The molecule has 0 aliphatic carbocycles. The molecule has 0 spiro atoms. The Hall–Kier alpha value is -4.97. The van der Waals surface area contributed by atoms with E-state index in [9.17, 15) is 19.7 Å². The van der Waals surface area contributed by atoms with Crippen LogP contribution in [0, 0.1) is 10.1 Å². The minimum Gasteiger partial charge on any atom is -0.497 e. The van der Waals surface area contributed by atoms with E-state index in [0.29, 0.717) is 44.5 Å². The highest BCUT2D eigenvalue weighted by Gasteiger charge is 2.35. The van der Waals surface area contributed by atoms with Gasteiger partial charge in [-0.15, -0.1) is 0 Å². The fraction of sp³-hybridized carbons (Fsp3) is 0.233. The number of methoxy groups -OCH3 is 1. The molecule has 2 aromatic carbocycles. The standard InChI is InChI=1S/C30H27N3O8S/c1-5-39-23-10-8-7-9-21(23)27-26(29(35)40-6-2)17(3)31-30-32(27)28(34)25(42-30)16-19-12-14-24(41-19)20-13-11-18(38-4)15-22(20)33(36)37/h7-16,27H,5-6H2,1-4H3/b25-16-/t27-/m0/s1. The highest BCUT2D eigenvalue weighted by atomic mass is 32.1. The maximum absolute atomic E-state index is 13.9. The Bertz CT molecular complexity index is 1900. The number of hydrogen-bond donors (Lipinski definition) is 0. The lowest BCUT2D eigenvalue weighted by Gasteiger charge is -2.26. The number of benzene rings is 2. The number of nitro benzene ring substituents is 1. The molecule has 0 amide bonds. The summed E-state index contributed by atoms with van der Waals surface area (Å²) in [6, 6.07) is 14.1. The summed E-state index contributed by atoms with van der Waals surface area (Å²) < 4.78 is 24.0. The van der Waals surface area contributed by atoms with Crippen molar-refractivity contribution in [3.05, 3.63) is 107 Å². The molecule has 0 saturated heterocycles. The van der Waals surface area contributed by atoms with Crippen molar-refractivity contribution < 1.29 is 28.3 Å². The Kier molecular flexibility index (Phi) is 8.07. The van der Waals surface area contributed by atoms with Gasteiger partial charge in [0.1, 0.15) is 29.1 Å². The highest BCUT2D eigenvalue weighted by Crippen LogP contribution is 2.36. The average Bonchev–Trinajstić information content (AvgIpc) is 3.56. The SMILES string of the molecule is CCOC(=O)C1=C(C)N=c2s/c(=C\c3ccc(-c4ccc(OC)cc4[N+](=O)[O-])o3)c(=O)n2[C@H]1c1ccccc1OCC. The minimum atomic E-state index is -0.834. The van der Waals surface area contributed by atoms with Gasteiger partial charge in [0, 0.05) is 11.6 Å². The van der Waals surface area contributed by atoms with Crippen molar-refractivity contribution in [3.63, 3.8) is 0 Å². The van der Waals surface area contributed by atoms with E-state index in [1.807, 2.05) is 25.1 Å². The van der Waals surface area contributed by atoms with Crippen LogP contribution in [-0.4, -0.2) is 35.8 Å². The molecule has 0 radical (unpaired) electrons. The Balaban J connectivity index is 1.65. The predicted molar refractivity (Wildman–Crippen MR) is 155 cm³/mol. The van der Waals surface area contributed by atoms with E-state index >= 15 is 0 Å². The number of furan rings is 1. The number of aromatic nitrogens is 1. The molecule has 4 aromatic rings. The number of para-hydroxylation sites is 1. The van der Waals surface area contributed by atoms with E-state index in [1.54, 1.807) is 50.3 Å². The van der Waals surface area contributed by atoms with E-state index in [-0.39, 0.29) is 29.2 Å². The predicted octanol–water partition coefficient (Wildman–Crippen LogP) is 4.37. The van der Waals surface area contributed by atoms with E-state index in [4.69, 9.17) is 18.6 Å². The number of nitrogens with zero attached hydrogens (tertiary/aromatic N) is 3. The van der Waals surface area contributed by atoms with Gasteiger partial charge < -0.3 is 18.6 Å².